The molecule has 4 rings (SSSR count). The molecule has 3 aromatic heterocycles. The molecule has 0 N–H and O–H groups in total. The second kappa shape index (κ2) is 11.5. The maximum Gasteiger partial charge on any atom is 0.417 e. The van der Waals surface area contributed by atoms with E-state index >= 15 is 0 Å². The zero-order valence-corrected chi connectivity index (χ0v) is 22.0. The van der Waals surface area contributed by atoms with Gasteiger partial charge in [-0.2, -0.15) is 13.2 Å². The number of halogens is 4. The van der Waals surface area contributed by atoms with Crippen LogP contribution in [0.4, 0.5) is 13.2 Å². The summed E-state index contributed by atoms with van der Waals surface area (Å²) in [6.45, 7) is 6.15. The summed E-state index contributed by atoms with van der Waals surface area (Å²) >= 11 is 6.17. The number of pyridine rings is 3. The smallest absolute Gasteiger partial charge is 0.395 e. The molecule has 1 aliphatic rings. The van der Waals surface area contributed by atoms with E-state index in [1.807, 2.05) is 26.8 Å². The van der Waals surface area contributed by atoms with Gasteiger partial charge in [-0.15, -0.1) is 0 Å². The van der Waals surface area contributed by atoms with Crippen molar-refractivity contribution in [3.8, 4) is 0 Å². The van der Waals surface area contributed by atoms with Crippen molar-refractivity contribution in [2.45, 2.75) is 46.2 Å². The molecule has 0 fully saturated rings. The van der Waals surface area contributed by atoms with Gasteiger partial charge < -0.3 is 9.68 Å². The highest BCUT2D eigenvalue weighted by Gasteiger charge is 2.32. The molecule has 0 saturated heterocycles. The topological polar surface area (TPSA) is 81.9 Å². The molecule has 0 saturated carbocycles. The summed E-state index contributed by atoms with van der Waals surface area (Å²) in [6.07, 6.45) is 0.401. The highest BCUT2D eigenvalue weighted by Crippen LogP contribution is 2.31. The number of nitrogens with zero attached hydrogens (tertiary/aromatic N) is 5. The van der Waals surface area contributed by atoms with E-state index in [-0.39, 0.29) is 29.6 Å². The normalized spacial score (nSPS) is 15.3. The lowest BCUT2D eigenvalue weighted by atomic mass is 9.94. The number of alkyl halides is 3. The van der Waals surface area contributed by atoms with Crippen molar-refractivity contribution in [1.29, 1.82) is 0 Å². The molecule has 7 nitrogen and oxygen atoms in total. The van der Waals surface area contributed by atoms with Crippen LogP contribution in [-0.4, -0.2) is 39.6 Å². The van der Waals surface area contributed by atoms with E-state index in [1.54, 1.807) is 18.2 Å². The maximum atomic E-state index is 13.1. The summed E-state index contributed by atoms with van der Waals surface area (Å²) in [5.41, 5.74) is 2.83. The molecule has 3 aromatic rings. The molecule has 0 radical (unpaired) electrons. The van der Waals surface area contributed by atoms with Crippen LogP contribution in [0.2, 0.25) is 5.02 Å². The molecular weight excluding hydrogens is 519 g/mol. The Morgan fingerprint density at radius 3 is 2.55 bits per heavy atom. The summed E-state index contributed by atoms with van der Waals surface area (Å²) in [7, 11) is 0. The van der Waals surface area contributed by atoms with Gasteiger partial charge in [-0.05, 0) is 56.0 Å². The summed E-state index contributed by atoms with van der Waals surface area (Å²) < 4.78 is 39.2. The van der Waals surface area contributed by atoms with Gasteiger partial charge in [0.15, 0.2) is 5.71 Å². The summed E-state index contributed by atoms with van der Waals surface area (Å²) in [5.74, 6) is 0. The Kier molecular flexibility index (Phi) is 8.30. The van der Waals surface area contributed by atoms with Crippen molar-refractivity contribution in [1.82, 2.24) is 15.0 Å². The van der Waals surface area contributed by atoms with Crippen molar-refractivity contribution in [2.75, 3.05) is 13.2 Å². The molecule has 0 amide bonds. The fourth-order valence-electron chi connectivity index (χ4n) is 3.77. The molecule has 38 heavy (non-hydrogen) atoms. The third-order valence-corrected chi connectivity index (χ3v) is 6.08. The quantitative estimate of drug-likeness (QED) is 0.241. The van der Waals surface area contributed by atoms with E-state index in [0.717, 1.165) is 42.4 Å². The van der Waals surface area contributed by atoms with E-state index in [4.69, 9.17) is 21.3 Å². The first-order valence-corrected chi connectivity index (χ1v) is 12.4. The molecule has 200 valence electrons. The maximum absolute atomic E-state index is 13.1. The first-order valence-electron chi connectivity index (χ1n) is 12.0. The summed E-state index contributed by atoms with van der Waals surface area (Å²) in [5, 5.41) is 8.31. The molecular formula is C27H27ClF3N5O2. The van der Waals surface area contributed by atoms with E-state index in [1.165, 1.54) is 11.8 Å². The fourth-order valence-corrected chi connectivity index (χ4v) is 4.03. The predicted octanol–water partition coefficient (Wildman–Crippen LogP) is 6.40. The van der Waals surface area contributed by atoms with Crippen LogP contribution in [0.1, 0.15) is 60.6 Å². The lowest BCUT2D eigenvalue weighted by molar-refractivity contribution is -0.137. The van der Waals surface area contributed by atoms with Crippen molar-refractivity contribution >= 4 is 23.0 Å². The molecule has 0 aromatic carbocycles. The minimum atomic E-state index is -4.57. The van der Waals surface area contributed by atoms with Crippen molar-refractivity contribution in [3.63, 3.8) is 0 Å². The zero-order chi connectivity index (χ0) is 27.3. The summed E-state index contributed by atoms with van der Waals surface area (Å²) in [4.78, 5) is 24.1. The molecule has 0 aliphatic heterocycles. The van der Waals surface area contributed by atoms with Gasteiger partial charge in [0.1, 0.15) is 24.6 Å². The van der Waals surface area contributed by atoms with Crippen LogP contribution in [-0.2, 0) is 22.3 Å². The number of hydrogen-bond donors (Lipinski definition) is 0. The Morgan fingerprint density at radius 2 is 1.84 bits per heavy atom. The minimum Gasteiger partial charge on any atom is -0.395 e. The van der Waals surface area contributed by atoms with Crippen LogP contribution in [0.5, 0.6) is 0 Å². The standard InChI is InChI=1S/C27H27ClF3N5O2/c1-17-10-11-18-7-6-9-22(23(18)34-17)35-37-15-26(2,3)16-38-36-25(21-8-4-5-12-32-21)24-20(28)13-19(14-33-24)27(29,30)31/h4-5,8,10-14H,6-7,9,15-16H2,1-3H3. The molecule has 0 bridgehead atoms. The largest absolute Gasteiger partial charge is 0.417 e. The molecule has 0 atom stereocenters. The first-order chi connectivity index (χ1) is 18.0. The van der Waals surface area contributed by atoms with E-state index < -0.39 is 17.2 Å². The zero-order valence-electron chi connectivity index (χ0n) is 21.2. The van der Waals surface area contributed by atoms with Crippen LogP contribution in [0.15, 0.2) is 59.1 Å². The second-order valence-corrected chi connectivity index (χ2v) is 10.2. The predicted molar refractivity (Wildman–Crippen MR) is 138 cm³/mol. The molecule has 3 heterocycles. The average molecular weight is 546 g/mol. The minimum absolute atomic E-state index is 0.0255. The average Bonchev–Trinajstić information content (AvgIpc) is 2.87. The van der Waals surface area contributed by atoms with E-state index in [9.17, 15) is 13.2 Å². The number of aromatic nitrogens is 3. The van der Waals surface area contributed by atoms with Gasteiger partial charge >= 0.3 is 6.18 Å². The fraction of sp³-hybridized carbons (Fsp3) is 0.370. The van der Waals surface area contributed by atoms with Gasteiger partial charge in [-0.3, -0.25) is 15.0 Å². The van der Waals surface area contributed by atoms with E-state index in [0.29, 0.717) is 11.9 Å². The Labute approximate surface area is 223 Å². The number of rotatable bonds is 8. The summed E-state index contributed by atoms with van der Waals surface area (Å²) in [6, 6.07) is 9.94. The van der Waals surface area contributed by atoms with Crippen LogP contribution >= 0.6 is 11.6 Å². The lowest BCUT2D eigenvalue weighted by Crippen LogP contribution is -2.25. The third kappa shape index (κ3) is 6.86. The van der Waals surface area contributed by atoms with Crippen LogP contribution in [0, 0.1) is 12.3 Å². The monoisotopic (exact) mass is 545 g/mol. The second-order valence-electron chi connectivity index (χ2n) is 9.77. The van der Waals surface area contributed by atoms with Crippen LogP contribution in [0.3, 0.4) is 0 Å². The van der Waals surface area contributed by atoms with Gasteiger partial charge in [0.2, 0.25) is 0 Å². The Balaban J connectivity index is 1.47. The number of aryl methyl sites for hydroxylation is 2. The Morgan fingerprint density at radius 1 is 1.05 bits per heavy atom. The Bertz CT molecular complexity index is 1340. The van der Waals surface area contributed by atoms with Gasteiger partial charge in [0.05, 0.1) is 22.0 Å². The highest BCUT2D eigenvalue weighted by atomic mass is 35.5. The molecule has 0 spiro atoms. The van der Waals surface area contributed by atoms with E-state index in [2.05, 4.69) is 31.3 Å². The van der Waals surface area contributed by atoms with Gasteiger partial charge in [0, 0.05) is 23.5 Å². The van der Waals surface area contributed by atoms with Crippen molar-refractivity contribution in [2.24, 2.45) is 15.7 Å². The lowest BCUT2D eigenvalue weighted by Gasteiger charge is -2.22. The number of oxime groups is 2. The van der Waals surface area contributed by atoms with Gasteiger partial charge in [-0.1, -0.05) is 47.9 Å². The molecule has 0 unspecified atom stereocenters. The Hall–Kier alpha value is -3.53. The van der Waals surface area contributed by atoms with Crippen molar-refractivity contribution in [3.05, 3.63) is 87.7 Å². The SMILES string of the molecule is Cc1ccc2c(n1)C(=NOCC(C)(C)CON=C(c1ccccn1)c1ncc(C(F)(F)F)cc1Cl)CCC2. The van der Waals surface area contributed by atoms with Crippen molar-refractivity contribution < 1.29 is 22.8 Å². The first kappa shape index (κ1) is 27.5. The molecule has 1 aliphatic carbocycles. The molecule has 11 heteroatoms. The number of hydrogen-bond acceptors (Lipinski definition) is 7. The number of fused-ring (bicyclic) bond motifs is 1. The van der Waals surface area contributed by atoms with Gasteiger partial charge in [-0.25, -0.2) is 0 Å². The highest BCUT2D eigenvalue weighted by molar-refractivity contribution is 6.35. The van der Waals surface area contributed by atoms with Gasteiger partial charge in [0.25, 0.3) is 0 Å². The van der Waals surface area contributed by atoms with Crippen LogP contribution < -0.4 is 0 Å². The van der Waals surface area contributed by atoms with Crippen LogP contribution in [0.25, 0.3) is 0 Å². The third-order valence-electron chi connectivity index (χ3n) is 5.79.